The highest BCUT2D eigenvalue weighted by molar-refractivity contribution is 5.85. The first-order chi connectivity index (χ1) is 2.50. The van der Waals surface area contributed by atoms with Gasteiger partial charge in [0.25, 0.3) is 0 Å². The highest BCUT2D eigenvalue weighted by Crippen LogP contribution is 1.65. The van der Waals surface area contributed by atoms with E-state index in [9.17, 15) is 0 Å². The zero-order chi connectivity index (χ0) is 3.54. The Hall–Kier alpha value is -0.0800. The van der Waals surface area contributed by atoms with Crippen molar-refractivity contribution in [1.82, 2.24) is 10.6 Å². The SMILES string of the molecule is C1=CNCN1.Cl.Cl. The van der Waals surface area contributed by atoms with Crippen LogP contribution in [0.2, 0.25) is 0 Å². The van der Waals surface area contributed by atoms with Gasteiger partial charge >= 0.3 is 0 Å². The van der Waals surface area contributed by atoms with Crippen molar-refractivity contribution >= 4 is 24.8 Å². The van der Waals surface area contributed by atoms with E-state index in [2.05, 4.69) is 10.6 Å². The zero-order valence-electron chi connectivity index (χ0n) is 3.68. The Bertz CT molecular complexity index is 48.9. The molecule has 0 saturated heterocycles. The number of halogens is 2. The molecule has 1 aliphatic rings. The Morgan fingerprint density at radius 3 is 1.57 bits per heavy atom. The van der Waals surface area contributed by atoms with E-state index in [0.717, 1.165) is 6.67 Å². The Labute approximate surface area is 55.2 Å². The van der Waals surface area contributed by atoms with Gasteiger partial charge < -0.3 is 10.6 Å². The van der Waals surface area contributed by atoms with Crippen LogP contribution >= 0.6 is 24.8 Å². The Morgan fingerprint density at radius 1 is 1.00 bits per heavy atom. The van der Waals surface area contributed by atoms with Crippen molar-refractivity contribution in [2.24, 2.45) is 0 Å². The molecule has 0 aromatic rings. The van der Waals surface area contributed by atoms with Crippen LogP contribution in [0, 0.1) is 0 Å². The van der Waals surface area contributed by atoms with E-state index in [1.807, 2.05) is 12.4 Å². The van der Waals surface area contributed by atoms with Gasteiger partial charge in [-0.15, -0.1) is 24.8 Å². The molecule has 1 aliphatic heterocycles. The highest BCUT2D eigenvalue weighted by atomic mass is 35.5. The third-order valence-electron chi connectivity index (χ3n) is 0.523. The van der Waals surface area contributed by atoms with E-state index < -0.39 is 0 Å². The van der Waals surface area contributed by atoms with E-state index in [1.54, 1.807) is 0 Å². The van der Waals surface area contributed by atoms with Gasteiger partial charge in [0.15, 0.2) is 0 Å². The van der Waals surface area contributed by atoms with Crippen molar-refractivity contribution in [3.05, 3.63) is 12.4 Å². The van der Waals surface area contributed by atoms with E-state index in [4.69, 9.17) is 0 Å². The van der Waals surface area contributed by atoms with Crippen molar-refractivity contribution < 1.29 is 0 Å². The van der Waals surface area contributed by atoms with Gasteiger partial charge in [-0.3, -0.25) is 0 Å². The fourth-order valence-electron chi connectivity index (χ4n) is 0.295. The van der Waals surface area contributed by atoms with Gasteiger partial charge in [0.1, 0.15) is 0 Å². The maximum absolute atomic E-state index is 2.93. The Kier molecular flexibility index (Phi) is 8.47. The average Bonchev–Trinajstić information content (AvgIpc) is 1.76. The lowest BCUT2D eigenvalue weighted by Gasteiger charge is -1.82. The summed E-state index contributed by atoms with van der Waals surface area (Å²) in [6.07, 6.45) is 3.75. The molecular formula is C3H8Cl2N2. The van der Waals surface area contributed by atoms with Crippen LogP contribution in [0.5, 0.6) is 0 Å². The molecular weight excluding hydrogens is 135 g/mol. The summed E-state index contributed by atoms with van der Waals surface area (Å²) in [5.74, 6) is 0. The summed E-state index contributed by atoms with van der Waals surface area (Å²) in [7, 11) is 0. The molecule has 0 atom stereocenters. The van der Waals surface area contributed by atoms with Crippen LogP contribution in [0.3, 0.4) is 0 Å². The largest absolute Gasteiger partial charge is 0.373 e. The lowest BCUT2D eigenvalue weighted by atomic mass is 11.0. The van der Waals surface area contributed by atoms with Crippen molar-refractivity contribution in [2.45, 2.75) is 0 Å². The van der Waals surface area contributed by atoms with Gasteiger partial charge in [-0.25, -0.2) is 0 Å². The van der Waals surface area contributed by atoms with Crippen LogP contribution in [0.25, 0.3) is 0 Å². The predicted octanol–water partition coefficient (Wildman–Crippen LogP) is 0.451. The first kappa shape index (κ1) is 10.0. The number of nitrogens with one attached hydrogen (secondary N) is 2. The molecule has 0 saturated carbocycles. The van der Waals surface area contributed by atoms with Gasteiger partial charge in [0.2, 0.25) is 0 Å². The quantitative estimate of drug-likeness (QED) is 0.514. The molecule has 1 heterocycles. The van der Waals surface area contributed by atoms with Crippen LogP contribution in [-0.4, -0.2) is 6.67 Å². The molecule has 0 unspecified atom stereocenters. The maximum atomic E-state index is 2.93. The smallest absolute Gasteiger partial charge is 0.0840 e. The Balaban J connectivity index is 0. The summed E-state index contributed by atoms with van der Waals surface area (Å²) in [4.78, 5) is 0. The molecule has 0 spiro atoms. The third-order valence-corrected chi connectivity index (χ3v) is 0.523. The molecule has 0 aromatic carbocycles. The van der Waals surface area contributed by atoms with Crippen molar-refractivity contribution in [3.8, 4) is 0 Å². The molecule has 0 radical (unpaired) electrons. The molecule has 1 rings (SSSR count). The number of hydrogen-bond acceptors (Lipinski definition) is 2. The summed E-state index contributed by atoms with van der Waals surface area (Å²) in [5, 5.41) is 5.86. The van der Waals surface area contributed by atoms with Gasteiger partial charge in [-0.2, -0.15) is 0 Å². The third kappa shape index (κ3) is 3.76. The van der Waals surface area contributed by atoms with Gasteiger partial charge in [0.05, 0.1) is 6.67 Å². The van der Waals surface area contributed by atoms with Crippen molar-refractivity contribution in [3.63, 3.8) is 0 Å². The van der Waals surface area contributed by atoms with E-state index >= 15 is 0 Å². The standard InChI is InChI=1S/C3H6N2.2ClH/c1-2-5-3-4-1;;/h1-2,4-5H,3H2;2*1H. The molecule has 0 aliphatic carbocycles. The van der Waals surface area contributed by atoms with Crippen molar-refractivity contribution in [2.75, 3.05) is 6.67 Å². The molecule has 44 valence electrons. The first-order valence-electron chi connectivity index (χ1n) is 1.62. The molecule has 2 N–H and O–H groups in total. The fraction of sp³-hybridized carbons (Fsp3) is 0.333. The van der Waals surface area contributed by atoms with Crippen LogP contribution in [0.15, 0.2) is 12.4 Å². The van der Waals surface area contributed by atoms with Gasteiger partial charge in [-0.05, 0) is 0 Å². The molecule has 0 aromatic heterocycles. The zero-order valence-corrected chi connectivity index (χ0v) is 5.31. The molecule has 0 bridgehead atoms. The van der Waals surface area contributed by atoms with Gasteiger partial charge in [0, 0.05) is 12.4 Å². The normalized spacial score (nSPS) is 12.6. The minimum atomic E-state index is 0. The summed E-state index contributed by atoms with van der Waals surface area (Å²) in [5.41, 5.74) is 0. The molecule has 7 heavy (non-hydrogen) atoms. The lowest BCUT2D eigenvalue weighted by molar-refractivity contribution is 0.836. The second-order valence-electron chi connectivity index (χ2n) is 0.918. The van der Waals surface area contributed by atoms with Crippen LogP contribution in [0.1, 0.15) is 0 Å². The van der Waals surface area contributed by atoms with E-state index in [-0.39, 0.29) is 24.8 Å². The van der Waals surface area contributed by atoms with E-state index in [0.29, 0.717) is 0 Å². The van der Waals surface area contributed by atoms with Crippen LogP contribution < -0.4 is 10.6 Å². The number of rotatable bonds is 0. The minimum absolute atomic E-state index is 0. The summed E-state index contributed by atoms with van der Waals surface area (Å²) < 4.78 is 0. The summed E-state index contributed by atoms with van der Waals surface area (Å²) >= 11 is 0. The molecule has 2 nitrogen and oxygen atoms in total. The minimum Gasteiger partial charge on any atom is -0.373 e. The topological polar surface area (TPSA) is 24.1 Å². The van der Waals surface area contributed by atoms with Gasteiger partial charge in [-0.1, -0.05) is 0 Å². The first-order valence-corrected chi connectivity index (χ1v) is 1.62. The molecule has 4 heteroatoms. The highest BCUT2D eigenvalue weighted by Gasteiger charge is 1.77. The fourth-order valence-corrected chi connectivity index (χ4v) is 0.295. The van der Waals surface area contributed by atoms with Crippen molar-refractivity contribution in [1.29, 1.82) is 0 Å². The van der Waals surface area contributed by atoms with Crippen LogP contribution in [0.4, 0.5) is 0 Å². The molecule has 0 fully saturated rings. The monoisotopic (exact) mass is 142 g/mol. The van der Waals surface area contributed by atoms with E-state index in [1.165, 1.54) is 0 Å². The lowest BCUT2D eigenvalue weighted by Crippen LogP contribution is -2.10. The second kappa shape index (κ2) is 5.92. The summed E-state index contributed by atoms with van der Waals surface area (Å²) in [6.45, 7) is 0.889. The summed E-state index contributed by atoms with van der Waals surface area (Å²) in [6, 6.07) is 0. The Morgan fingerprint density at radius 2 is 1.43 bits per heavy atom. The number of hydrogen-bond donors (Lipinski definition) is 2. The van der Waals surface area contributed by atoms with Crippen LogP contribution in [-0.2, 0) is 0 Å². The predicted molar refractivity (Wildman–Crippen MR) is 34.8 cm³/mol. The average molecular weight is 143 g/mol. The second-order valence-corrected chi connectivity index (χ2v) is 0.918. The molecule has 0 amide bonds. The maximum Gasteiger partial charge on any atom is 0.0840 e.